The predicted octanol–water partition coefficient (Wildman–Crippen LogP) is 3.21. The van der Waals surface area contributed by atoms with Crippen molar-refractivity contribution in [2.75, 3.05) is 18.9 Å². The van der Waals surface area contributed by atoms with E-state index < -0.39 is 11.6 Å². The monoisotopic (exact) mass is 369 g/mol. The number of aromatic nitrogens is 3. The first-order chi connectivity index (χ1) is 13.0. The second kappa shape index (κ2) is 8.31. The average Bonchev–Trinajstić information content (AvgIpc) is 2.69. The molecule has 1 aromatic carbocycles. The zero-order chi connectivity index (χ0) is 19.2. The van der Waals surface area contributed by atoms with Crippen LogP contribution in [0.25, 0.3) is 0 Å². The number of hydrogen-bond acceptors (Lipinski definition) is 5. The Balaban J connectivity index is 1.61. The molecule has 0 aliphatic heterocycles. The predicted molar refractivity (Wildman–Crippen MR) is 96.6 cm³/mol. The van der Waals surface area contributed by atoms with Crippen LogP contribution in [0.15, 0.2) is 55.1 Å². The molecule has 0 aliphatic carbocycles. The standard InChI is InChI=1S/C19H17F2N5O/c1-26(9-6-13-4-7-22-8-5-13)18(27)14-11-23-19(24-12-14)25-17-3-2-15(20)10-16(17)21/h2-5,7-8,10-12H,6,9H2,1H3,(H,23,24,25). The Bertz CT molecular complexity index is 919. The second-order valence-electron chi connectivity index (χ2n) is 5.88. The van der Waals surface area contributed by atoms with E-state index in [0.29, 0.717) is 18.5 Å². The van der Waals surface area contributed by atoms with Gasteiger partial charge in [-0.1, -0.05) is 0 Å². The molecule has 0 aliphatic rings. The summed E-state index contributed by atoms with van der Waals surface area (Å²) in [6.45, 7) is 0.531. The minimum atomic E-state index is -0.755. The van der Waals surface area contributed by atoms with Crippen LogP contribution in [-0.2, 0) is 6.42 Å². The van der Waals surface area contributed by atoms with Gasteiger partial charge in [0.15, 0.2) is 0 Å². The molecule has 8 heteroatoms. The molecule has 6 nitrogen and oxygen atoms in total. The molecule has 0 spiro atoms. The Labute approximate surface area is 154 Å². The summed E-state index contributed by atoms with van der Waals surface area (Å²) in [7, 11) is 1.70. The number of amides is 1. The Morgan fingerprint density at radius 3 is 2.48 bits per heavy atom. The Morgan fingerprint density at radius 1 is 1.11 bits per heavy atom. The molecule has 0 unspecified atom stereocenters. The quantitative estimate of drug-likeness (QED) is 0.722. The van der Waals surface area contributed by atoms with E-state index in [1.54, 1.807) is 24.3 Å². The third-order valence-corrected chi connectivity index (χ3v) is 3.91. The van der Waals surface area contributed by atoms with Gasteiger partial charge in [0.25, 0.3) is 5.91 Å². The molecule has 0 saturated heterocycles. The lowest BCUT2D eigenvalue weighted by Crippen LogP contribution is -2.29. The summed E-state index contributed by atoms with van der Waals surface area (Å²) in [6, 6.07) is 6.94. The third-order valence-electron chi connectivity index (χ3n) is 3.91. The highest BCUT2D eigenvalue weighted by atomic mass is 19.1. The van der Waals surface area contributed by atoms with Crippen molar-refractivity contribution in [3.05, 3.63) is 77.9 Å². The Morgan fingerprint density at radius 2 is 1.81 bits per heavy atom. The van der Waals surface area contributed by atoms with Gasteiger partial charge in [0, 0.05) is 44.4 Å². The SMILES string of the molecule is CN(CCc1ccncc1)C(=O)c1cnc(Nc2ccc(F)cc2F)nc1. The van der Waals surface area contributed by atoms with E-state index >= 15 is 0 Å². The molecule has 3 rings (SSSR count). The number of halogens is 2. The number of pyridine rings is 1. The Hall–Kier alpha value is -3.42. The smallest absolute Gasteiger partial charge is 0.256 e. The lowest BCUT2D eigenvalue weighted by molar-refractivity contribution is 0.0796. The van der Waals surface area contributed by atoms with Gasteiger partial charge in [-0.05, 0) is 36.2 Å². The van der Waals surface area contributed by atoms with Gasteiger partial charge in [-0.25, -0.2) is 18.7 Å². The van der Waals surface area contributed by atoms with E-state index in [1.165, 1.54) is 18.5 Å². The molecule has 2 aromatic heterocycles. The number of anilines is 2. The van der Waals surface area contributed by atoms with Gasteiger partial charge < -0.3 is 10.2 Å². The van der Waals surface area contributed by atoms with Crippen molar-refractivity contribution >= 4 is 17.5 Å². The van der Waals surface area contributed by atoms with E-state index in [4.69, 9.17) is 0 Å². The molecule has 1 N–H and O–H groups in total. The number of rotatable bonds is 6. The average molecular weight is 369 g/mol. The lowest BCUT2D eigenvalue weighted by Gasteiger charge is -2.17. The van der Waals surface area contributed by atoms with Crippen molar-refractivity contribution in [3.63, 3.8) is 0 Å². The topological polar surface area (TPSA) is 71.0 Å². The van der Waals surface area contributed by atoms with Gasteiger partial charge in [0.1, 0.15) is 11.6 Å². The zero-order valence-corrected chi connectivity index (χ0v) is 14.6. The van der Waals surface area contributed by atoms with E-state index in [0.717, 1.165) is 17.7 Å². The molecular formula is C19H17F2N5O. The van der Waals surface area contributed by atoms with Crippen molar-refractivity contribution in [1.82, 2.24) is 19.9 Å². The molecule has 0 saturated carbocycles. The summed E-state index contributed by atoms with van der Waals surface area (Å²) < 4.78 is 26.6. The molecule has 3 aromatic rings. The molecular weight excluding hydrogens is 352 g/mol. The van der Waals surface area contributed by atoms with Gasteiger partial charge in [-0.2, -0.15) is 0 Å². The van der Waals surface area contributed by atoms with Crippen LogP contribution in [-0.4, -0.2) is 39.4 Å². The fraction of sp³-hybridized carbons (Fsp3) is 0.158. The van der Waals surface area contributed by atoms with Crippen LogP contribution in [0.1, 0.15) is 15.9 Å². The fourth-order valence-electron chi connectivity index (χ4n) is 2.38. The minimum Gasteiger partial charge on any atom is -0.341 e. The van der Waals surface area contributed by atoms with Crippen molar-refractivity contribution in [2.45, 2.75) is 6.42 Å². The van der Waals surface area contributed by atoms with Crippen LogP contribution in [0.2, 0.25) is 0 Å². The highest BCUT2D eigenvalue weighted by molar-refractivity contribution is 5.93. The highest BCUT2D eigenvalue weighted by Gasteiger charge is 2.13. The van der Waals surface area contributed by atoms with Crippen LogP contribution in [0, 0.1) is 11.6 Å². The molecule has 1 amide bonds. The van der Waals surface area contributed by atoms with Crippen LogP contribution in [0.4, 0.5) is 20.4 Å². The number of nitrogens with one attached hydrogen (secondary N) is 1. The normalized spacial score (nSPS) is 10.5. The molecule has 0 bridgehead atoms. The van der Waals surface area contributed by atoms with Gasteiger partial charge >= 0.3 is 0 Å². The molecule has 27 heavy (non-hydrogen) atoms. The summed E-state index contributed by atoms with van der Waals surface area (Å²) in [5.74, 6) is -1.54. The zero-order valence-electron chi connectivity index (χ0n) is 14.6. The molecule has 138 valence electrons. The van der Waals surface area contributed by atoms with Gasteiger partial charge in [0.05, 0.1) is 11.3 Å². The number of carbonyl (C=O) groups is 1. The molecule has 0 atom stereocenters. The first-order valence-electron chi connectivity index (χ1n) is 8.21. The number of benzene rings is 1. The van der Waals surface area contributed by atoms with Gasteiger partial charge in [-0.3, -0.25) is 9.78 Å². The van der Waals surface area contributed by atoms with Gasteiger partial charge in [0.2, 0.25) is 5.95 Å². The van der Waals surface area contributed by atoms with E-state index in [-0.39, 0.29) is 17.5 Å². The van der Waals surface area contributed by atoms with Crippen LogP contribution in [0.3, 0.4) is 0 Å². The molecule has 2 heterocycles. The first-order valence-corrected chi connectivity index (χ1v) is 8.21. The highest BCUT2D eigenvalue weighted by Crippen LogP contribution is 2.18. The first kappa shape index (κ1) is 18.4. The maximum Gasteiger partial charge on any atom is 0.256 e. The summed E-state index contributed by atoms with van der Waals surface area (Å²) in [5, 5.41) is 2.65. The third kappa shape index (κ3) is 4.81. The van der Waals surface area contributed by atoms with E-state index in [2.05, 4.69) is 20.3 Å². The Kier molecular flexibility index (Phi) is 5.65. The van der Waals surface area contributed by atoms with Crippen molar-refractivity contribution in [1.29, 1.82) is 0 Å². The molecule has 0 radical (unpaired) electrons. The van der Waals surface area contributed by atoms with E-state index in [9.17, 15) is 13.6 Å². The number of hydrogen-bond donors (Lipinski definition) is 1. The lowest BCUT2D eigenvalue weighted by atomic mass is 10.2. The number of carbonyl (C=O) groups excluding carboxylic acids is 1. The summed E-state index contributed by atoms with van der Waals surface area (Å²) in [4.78, 5) is 26.0. The van der Waals surface area contributed by atoms with Crippen molar-refractivity contribution in [3.8, 4) is 0 Å². The van der Waals surface area contributed by atoms with Crippen LogP contribution in [0.5, 0.6) is 0 Å². The van der Waals surface area contributed by atoms with Crippen LogP contribution >= 0.6 is 0 Å². The maximum absolute atomic E-state index is 13.7. The largest absolute Gasteiger partial charge is 0.341 e. The van der Waals surface area contributed by atoms with Gasteiger partial charge in [-0.15, -0.1) is 0 Å². The summed E-state index contributed by atoms with van der Waals surface area (Å²) >= 11 is 0. The minimum absolute atomic E-state index is 0.0462. The number of nitrogens with zero attached hydrogens (tertiary/aromatic N) is 4. The summed E-state index contributed by atoms with van der Waals surface area (Å²) in [5.41, 5.74) is 1.45. The number of likely N-dealkylation sites (N-methyl/N-ethyl adjacent to an activating group) is 1. The molecule has 0 fully saturated rings. The summed E-state index contributed by atoms with van der Waals surface area (Å²) in [6.07, 6.45) is 6.85. The van der Waals surface area contributed by atoms with Crippen molar-refractivity contribution < 1.29 is 13.6 Å². The van der Waals surface area contributed by atoms with Crippen LogP contribution < -0.4 is 5.32 Å². The van der Waals surface area contributed by atoms with Crippen molar-refractivity contribution in [2.24, 2.45) is 0 Å². The van der Waals surface area contributed by atoms with E-state index in [1.807, 2.05) is 12.1 Å². The fourth-order valence-corrected chi connectivity index (χ4v) is 2.38. The second-order valence-corrected chi connectivity index (χ2v) is 5.88. The maximum atomic E-state index is 13.7.